The molecule has 0 fully saturated rings. The first kappa shape index (κ1) is 16.0. The number of nitrogens with zero attached hydrogens (tertiary/aromatic N) is 2. The molecule has 19 heavy (non-hydrogen) atoms. The van der Waals surface area contributed by atoms with Gasteiger partial charge in [-0.3, -0.25) is 4.79 Å². The third kappa shape index (κ3) is 4.82. The molecular weight excluding hydrogens is 290 g/mol. The Balaban J connectivity index is 2.78. The van der Waals surface area contributed by atoms with Crippen molar-refractivity contribution in [2.45, 2.75) is 25.1 Å². The fourth-order valence-corrected chi connectivity index (χ4v) is 3.17. The predicted molar refractivity (Wildman–Crippen MR) is 72.2 cm³/mol. The summed E-state index contributed by atoms with van der Waals surface area (Å²) >= 11 is 0.790. The Labute approximate surface area is 115 Å². The van der Waals surface area contributed by atoms with Gasteiger partial charge in [-0.15, -0.1) is 10.2 Å². The molecule has 0 aliphatic rings. The fourth-order valence-electron chi connectivity index (χ4n) is 0.944. The molecule has 1 amide bonds. The molecule has 0 unspecified atom stereocenters. The summed E-state index contributed by atoms with van der Waals surface area (Å²) in [5, 5.41) is 9.64. The van der Waals surface area contributed by atoms with Gasteiger partial charge in [0.2, 0.25) is 15.4 Å². The van der Waals surface area contributed by atoms with Gasteiger partial charge in [-0.2, -0.15) is 0 Å². The number of hydrogen-bond donors (Lipinski definition) is 3. The molecule has 0 aromatic carbocycles. The third-order valence-corrected chi connectivity index (χ3v) is 4.82. The summed E-state index contributed by atoms with van der Waals surface area (Å²) in [7, 11) is -3.73. The molecule has 0 aliphatic heterocycles. The van der Waals surface area contributed by atoms with E-state index in [1.54, 1.807) is 0 Å². The first-order valence-corrected chi connectivity index (χ1v) is 7.77. The van der Waals surface area contributed by atoms with E-state index >= 15 is 0 Å². The monoisotopic (exact) mass is 307 g/mol. The van der Waals surface area contributed by atoms with Crippen molar-refractivity contribution in [2.75, 3.05) is 18.4 Å². The van der Waals surface area contributed by atoms with Crippen LogP contribution in [-0.4, -0.2) is 37.6 Å². The zero-order valence-corrected chi connectivity index (χ0v) is 12.6. The molecule has 0 saturated heterocycles. The van der Waals surface area contributed by atoms with Crippen LogP contribution in [-0.2, 0) is 14.8 Å². The summed E-state index contributed by atoms with van der Waals surface area (Å²) in [5.41, 5.74) is 5.18. The van der Waals surface area contributed by atoms with Crippen molar-refractivity contribution in [3.05, 3.63) is 0 Å². The van der Waals surface area contributed by atoms with Gasteiger partial charge in [0.1, 0.15) is 0 Å². The Bertz CT molecular complexity index is 552. The molecule has 0 radical (unpaired) electrons. The summed E-state index contributed by atoms with van der Waals surface area (Å²) in [5.74, 6) is -0.336. The van der Waals surface area contributed by atoms with Gasteiger partial charge in [0.05, 0.1) is 0 Å². The highest BCUT2D eigenvalue weighted by atomic mass is 32.2. The second-order valence-electron chi connectivity index (χ2n) is 4.75. The van der Waals surface area contributed by atoms with Crippen LogP contribution in [0.2, 0.25) is 0 Å². The summed E-state index contributed by atoms with van der Waals surface area (Å²) in [6.07, 6.45) is 0. The number of nitrogens with one attached hydrogen (secondary N) is 2. The molecule has 10 heteroatoms. The van der Waals surface area contributed by atoms with E-state index in [0.717, 1.165) is 11.3 Å². The SMILES string of the molecule is CC(=O)Nc1nnc(S(=O)(=O)NCC(C)(C)CN)s1. The van der Waals surface area contributed by atoms with Gasteiger partial charge in [-0.25, -0.2) is 13.1 Å². The molecule has 4 N–H and O–H groups in total. The number of hydrogen-bond acceptors (Lipinski definition) is 7. The minimum atomic E-state index is -3.73. The molecule has 0 spiro atoms. The van der Waals surface area contributed by atoms with E-state index < -0.39 is 10.0 Å². The lowest BCUT2D eigenvalue weighted by Crippen LogP contribution is -2.38. The van der Waals surface area contributed by atoms with Gasteiger partial charge in [0, 0.05) is 13.5 Å². The van der Waals surface area contributed by atoms with Gasteiger partial charge >= 0.3 is 0 Å². The molecular formula is C9H17N5O3S2. The number of carbonyl (C=O) groups excluding carboxylic acids is 1. The van der Waals surface area contributed by atoms with Crippen molar-refractivity contribution in [1.82, 2.24) is 14.9 Å². The number of anilines is 1. The molecule has 1 aromatic rings. The van der Waals surface area contributed by atoms with E-state index in [2.05, 4.69) is 20.2 Å². The number of nitrogens with two attached hydrogens (primary N) is 1. The maximum Gasteiger partial charge on any atom is 0.269 e. The molecule has 0 bridgehead atoms. The van der Waals surface area contributed by atoms with E-state index in [-0.39, 0.29) is 27.3 Å². The minimum absolute atomic E-state index is 0.144. The zero-order chi connectivity index (χ0) is 14.7. The highest BCUT2D eigenvalue weighted by Gasteiger charge is 2.24. The van der Waals surface area contributed by atoms with E-state index in [4.69, 9.17) is 5.73 Å². The van der Waals surface area contributed by atoms with Crippen LogP contribution in [0, 0.1) is 5.41 Å². The summed E-state index contributed by atoms with van der Waals surface area (Å²) in [6, 6.07) is 0. The summed E-state index contributed by atoms with van der Waals surface area (Å²) in [6.45, 7) is 5.54. The Kier molecular flexibility index (Phi) is 4.96. The number of carbonyl (C=O) groups is 1. The van der Waals surface area contributed by atoms with Crippen LogP contribution < -0.4 is 15.8 Å². The average molecular weight is 307 g/mol. The topological polar surface area (TPSA) is 127 Å². The van der Waals surface area contributed by atoms with Gasteiger partial charge in [0.15, 0.2) is 0 Å². The van der Waals surface area contributed by atoms with Gasteiger partial charge in [-0.05, 0) is 12.0 Å². The molecule has 8 nitrogen and oxygen atoms in total. The zero-order valence-electron chi connectivity index (χ0n) is 10.9. The number of amides is 1. The summed E-state index contributed by atoms with van der Waals surface area (Å²) in [4.78, 5) is 10.8. The standard InChI is InChI=1S/C9H17N5O3S2/c1-6(15)12-7-13-14-8(18-7)19(16,17)11-5-9(2,3)4-10/h11H,4-5,10H2,1-3H3,(H,12,13,15). The minimum Gasteiger partial charge on any atom is -0.330 e. The van der Waals surface area contributed by atoms with Crippen LogP contribution >= 0.6 is 11.3 Å². The van der Waals surface area contributed by atoms with Gasteiger partial charge in [0.25, 0.3) is 10.0 Å². The lowest BCUT2D eigenvalue weighted by atomic mass is 9.95. The van der Waals surface area contributed by atoms with Crippen LogP contribution in [0.3, 0.4) is 0 Å². The maximum atomic E-state index is 11.9. The van der Waals surface area contributed by atoms with Crippen LogP contribution in [0.1, 0.15) is 20.8 Å². The quantitative estimate of drug-likeness (QED) is 0.622. The van der Waals surface area contributed by atoms with Crippen molar-refractivity contribution in [3.63, 3.8) is 0 Å². The molecule has 0 saturated carbocycles. The van der Waals surface area contributed by atoms with Crippen molar-refractivity contribution in [1.29, 1.82) is 0 Å². The Morgan fingerprint density at radius 3 is 2.58 bits per heavy atom. The molecule has 1 heterocycles. The normalized spacial score (nSPS) is 12.4. The number of sulfonamides is 1. The van der Waals surface area contributed by atoms with E-state index in [1.165, 1.54) is 6.92 Å². The molecule has 1 rings (SSSR count). The first-order chi connectivity index (χ1) is 8.66. The fraction of sp³-hybridized carbons (Fsp3) is 0.667. The number of rotatable bonds is 6. The van der Waals surface area contributed by atoms with E-state index in [9.17, 15) is 13.2 Å². The van der Waals surface area contributed by atoms with Crippen molar-refractivity contribution in [3.8, 4) is 0 Å². The second kappa shape index (κ2) is 5.90. The van der Waals surface area contributed by atoms with Crippen LogP contribution in [0.4, 0.5) is 5.13 Å². The Morgan fingerprint density at radius 2 is 2.05 bits per heavy atom. The molecule has 1 aromatic heterocycles. The van der Waals surface area contributed by atoms with Crippen LogP contribution in [0.15, 0.2) is 4.34 Å². The smallest absolute Gasteiger partial charge is 0.269 e. The van der Waals surface area contributed by atoms with Crippen LogP contribution in [0.5, 0.6) is 0 Å². The lowest BCUT2D eigenvalue weighted by molar-refractivity contribution is -0.114. The predicted octanol–water partition coefficient (Wildman–Crippen LogP) is -0.240. The van der Waals surface area contributed by atoms with Crippen molar-refractivity contribution < 1.29 is 13.2 Å². The molecule has 0 aliphatic carbocycles. The van der Waals surface area contributed by atoms with Gasteiger partial charge < -0.3 is 11.1 Å². The van der Waals surface area contributed by atoms with E-state index in [1.807, 2.05) is 13.8 Å². The highest BCUT2D eigenvalue weighted by Crippen LogP contribution is 2.20. The van der Waals surface area contributed by atoms with Crippen LogP contribution in [0.25, 0.3) is 0 Å². The Morgan fingerprint density at radius 1 is 1.42 bits per heavy atom. The van der Waals surface area contributed by atoms with Crippen molar-refractivity contribution in [2.24, 2.45) is 11.1 Å². The Hall–Kier alpha value is -1.10. The summed E-state index contributed by atoms with van der Waals surface area (Å²) < 4.78 is 26.1. The van der Waals surface area contributed by atoms with E-state index in [0.29, 0.717) is 6.54 Å². The molecule has 0 atom stereocenters. The average Bonchev–Trinajstić information content (AvgIpc) is 2.75. The third-order valence-electron chi connectivity index (χ3n) is 2.21. The largest absolute Gasteiger partial charge is 0.330 e. The van der Waals surface area contributed by atoms with Gasteiger partial charge in [-0.1, -0.05) is 25.2 Å². The maximum absolute atomic E-state index is 11.9. The highest BCUT2D eigenvalue weighted by molar-refractivity contribution is 7.91. The lowest BCUT2D eigenvalue weighted by Gasteiger charge is -2.21. The van der Waals surface area contributed by atoms with Crippen molar-refractivity contribution >= 4 is 32.4 Å². The first-order valence-electron chi connectivity index (χ1n) is 5.47. The number of aromatic nitrogens is 2. The second-order valence-corrected chi connectivity index (χ2v) is 7.67. The molecule has 108 valence electrons.